The van der Waals surface area contributed by atoms with Gasteiger partial charge in [0.25, 0.3) is 5.56 Å². The summed E-state index contributed by atoms with van der Waals surface area (Å²) in [4.78, 5) is 19.7. The number of rotatable bonds is 2. The Kier molecular flexibility index (Phi) is 3.55. The van der Waals surface area contributed by atoms with Crippen LogP contribution in [0.15, 0.2) is 35.6 Å². The summed E-state index contributed by atoms with van der Waals surface area (Å²) in [6.45, 7) is 0.451. The fraction of sp³-hybridized carbons (Fsp3) is 0.100. The zero-order valence-electron chi connectivity index (χ0n) is 8.10. The topological polar surface area (TPSA) is 47.8 Å². The summed E-state index contributed by atoms with van der Waals surface area (Å²) in [5, 5.41) is 0.244. The summed E-state index contributed by atoms with van der Waals surface area (Å²) in [5.41, 5.74) is 0.814. The monoisotopic (exact) mass is 347 g/mol. The Morgan fingerprint density at radius 1 is 1.50 bits per heavy atom. The number of pyridine rings is 1. The van der Waals surface area contributed by atoms with Crippen LogP contribution in [-0.2, 0) is 6.54 Å². The molecule has 0 radical (unpaired) electrons. The molecule has 0 spiro atoms. The Balaban J connectivity index is 2.37. The van der Waals surface area contributed by atoms with Crippen LogP contribution >= 0.6 is 34.2 Å². The standard InChI is InChI=1S/C10H7ClIN3O/c11-9-8(12)10(16)15(6-14-9)5-7-2-1-3-13-4-7/h1-4,6H,5H2. The van der Waals surface area contributed by atoms with Crippen LogP contribution in [0.4, 0.5) is 0 Å². The molecule has 0 atom stereocenters. The Hall–Kier alpha value is -0.950. The van der Waals surface area contributed by atoms with Crippen molar-refractivity contribution in [3.05, 3.63) is 55.5 Å². The zero-order chi connectivity index (χ0) is 11.5. The average molecular weight is 348 g/mol. The first kappa shape index (κ1) is 11.5. The van der Waals surface area contributed by atoms with Crippen LogP contribution in [0, 0.1) is 3.57 Å². The maximum atomic E-state index is 11.8. The van der Waals surface area contributed by atoms with E-state index in [-0.39, 0.29) is 10.7 Å². The third-order valence-electron chi connectivity index (χ3n) is 2.02. The lowest BCUT2D eigenvalue weighted by atomic mass is 10.3. The lowest BCUT2D eigenvalue weighted by Crippen LogP contribution is -2.23. The van der Waals surface area contributed by atoms with Crippen molar-refractivity contribution in [2.24, 2.45) is 0 Å². The van der Waals surface area contributed by atoms with E-state index in [1.165, 1.54) is 10.9 Å². The van der Waals surface area contributed by atoms with Gasteiger partial charge in [-0.2, -0.15) is 0 Å². The molecule has 0 aliphatic carbocycles. The minimum absolute atomic E-state index is 0.135. The molecule has 0 aromatic carbocycles. The highest BCUT2D eigenvalue weighted by molar-refractivity contribution is 14.1. The molecule has 2 rings (SSSR count). The number of hydrogen-bond donors (Lipinski definition) is 0. The van der Waals surface area contributed by atoms with Gasteiger partial charge in [-0.3, -0.25) is 14.3 Å². The average Bonchev–Trinajstić information content (AvgIpc) is 2.31. The summed E-state index contributed by atoms with van der Waals surface area (Å²) in [6.07, 6.45) is 4.85. The van der Waals surface area contributed by atoms with Crippen LogP contribution in [-0.4, -0.2) is 14.5 Å². The number of halogens is 2. The predicted molar refractivity (Wildman–Crippen MR) is 69.6 cm³/mol. The van der Waals surface area contributed by atoms with Gasteiger partial charge in [0.15, 0.2) is 0 Å². The number of aromatic nitrogens is 3. The zero-order valence-corrected chi connectivity index (χ0v) is 11.0. The molecule has 0 fully saturated rings. The molecular formula is C10H7ClIN3O. The molecule has 6 heteroatoms. The second-order valence-corrected chi connectivity index (χ2v) is 4.58. The quantitative estimate of drug-likeness (QED) is 0.616. The van der Waals surface area contributed by atoms with E-state index in [9.17, 15) is 4.79 Å². The van der Waals surface area contributed by atoms with Gasteiger partial charge in [-0.1, -0.05) is 17.7 Å². The van der Waals surface area contributed by atoms with Gasteiger partial charge in [0.1, 0.15) is 8.72 Å². The van der Waals surface area contributed by atoms with E-state index in [1.54, 1.807) is 12.4 Å². The van der Waals surface area contributed by atoms with Crippen molar-refractivity contribution in [1.29, 1.82) is 0 Å². The highest BCUT2D eigenvalue weighted by Crippen LogP contribution is 2.09. The summed E-state index contributed by atoms with van der Waals surface area (Å²) >= 11 is 7.64. The first-order chi connectivity index (χ1) is 7.68. The van der Waals surface area contributed by atoms with Crippen LogP contribution in [0.1, 0.15) is 5.56 Å². The van der Waals surface area contributed by atoms with E-state index in [2.05, 4.69) is 9.97 Å². The van der Waals surface area contributed by atoms with E-state index in [0.717, 1.165) is 5.56 Å². The molecule has 0 aliphatic rings. The third kappa shape index (κ3) is 2.41. The van der Waals surface area contributed by atoms with E-state index >= 15 is 0 Å². The molecule has 0 bridgehead atoms. The molecule has 0 saturated heterocycles. The molecule has 0 saturated carbocycles. The van der Waals surface area contributed by atoms with Gasteiger partial charge in [0.2, 0.25) is 0 Å². The van der Waals surface area contributed by atoms with E-state index < -0.39 is 0 Å². The molecule has 0 unspecified atom stereocenters. The number of hydrogen-bond acceptors (Lipinski definition) is 3. The van der Waals surface area contributed by atoms with Crippen molar-refractivity contribution >= 4 is 34.2 Å². The maximum Gasteiger partial charge on any atom is 0.268 e. The normalized spacial score (nSPS) is 10.4. The molecule has 0 aliphatic heterocycles. The van der Waals surface area contributed by atoms with Gasteiger partial charge in [0.05, 0.1) is 12.9 Å². The Bertz CT molecular complexity index is 556. The van der Waals surface area contributed by atoms with E-state index in [4.69, 9.17) is 11.6 Å². The van der Waals surface area contributed by atoms with Gasteiger partial charge < -0.3 is 0 Å². The number of nitrogens with zero attached hydrogens (tertiary/aromatic N) is 3. The lowest BCUT2D eigenvalue weighted by Gasteiger charge is -2.05. The predicted octanol–water partition coefficient (Wildman–Crippen LogP) is 1.94. The Morgan fingerprint density at radius 2 is 2.31 bits per heavy atom. The lowest BCUT2D eigenvalue weighted by molar-refractivity contribution is 0.728. The van der Waals surface area contributed by atoms with Gasteiger partial charge >= 0.3 is 0 Å². The van der Waals surface area contributed by atoms with Crippen molar-refractivity contribution in [3.8, 4) is 0 Å². The smallest absolute Gasteiger partial charge is 0.268 e. The van der Waals surface area contributed by atoms with Gasteiger partial charge in [-0.25, -0.2) is 4.98 Å². The fourth-order valence-electron chi connectivity index (χ4n) is 1.24. The molecule has 4 nitrogen and oxygen atoms in total. The summed E-state index contributed by atoms with van der Waals surface area (Å²) in [7, 11) is 0. The summed E-state index contributed by atoms with van der Waals surface area (Å²) < 4.78 is 1.94. The van der Waals surface area contributed by atoms with E-state index in [0.29, 0.717) is 10.1 Å². The van der Waals surface area contributed by atoms with Crippen LogP contribution < -0.4 is 5.56 Å². The fourth-order valence-corrected chi connectivity index (χ4v) is 1.82. The summed E-state index contributed by atoms with van der Waals surface area (Å²) in [5.74, 6) is 0. The second-order valence-electron chi connectivity index (χ2n) is 3.14. The first-order valence-corrected chi connectivity index (χ1v) is 5.93. The molecule has 2 aromatic rings. The van der Waals surface area contributed by atoms with Crippen molar-refractivity contribution < 1.29 is 0 Å². The van der Waals surface area contributed by atoms with Crippen LogP contribution in [0.3, 0.4) is 0 Å². The Morgan fingerprint density at radius 3 is 3.00 bits per heavy atom. The van der Waals surface area contributed by atoms with Gasteiger partial charge in [-0.05, 0) is 34.2 Å². The van der Waals surface area contributed by atoms with E-state index in [1.807, 2.05) is 34.7 Å². The molecule has 16 heavy (non-hydrogen) atoms. The minimum Gasteiger partial charge on any atom is -0.294 e. The molecular weight excluding hydrogens is 340 g/mol. The van der Waals surface area contributed by atoms with Gasteiger partial charge in [0, 0.05) is 12.4 Å². The maximum absolute atomic E-state index is 11.8. The van der Waals surface area contributed by atoms with Gasteiger partial charge in [-0.15, -0.1) is 0 Å². The van der Waals surface area contributed by atoms with Crippen molar-refractivity contribution in [1.82, 2.24) is 14.5 Å². The highest BCUT2D eigenvalue weighted by atomic mass is 127. The largest absolute Gasteiger partial charge is 0.294 e. The first-order valence-electron chi connectivity index (χ1n) is 4.48. The van der Waals surface area contributed by atoms with Crippen LogP contribution in [0.25, 0.3) is 0 Å². The van der Waals surface area contributed by atoms with Crippen molar-refractivity contribution in [2.75, 3.05) is 0 Å². The molecule has 2 heterocycles. The van der Waals surface area contributed by atoms with Crippen LogP contribution in [0.2, 0.25) is 5.15 Å². The van der Waals surface area contributed by atoms with Crippen LogP contribution in [0.5, 0.6) is 0 Å². The molecule has 0 amide bonds. The van der Waals surface area contributed by atoms with Crippen molar-refractivity contribution in [2.45, 2.75) is 6.54 Å². The highest BCUT2D eigenvalue weighted by Gasteiger charge is 2.06. The SMILES string of the molecule is O=c1c(I)c(Cl)ncn1Cc1cccnc1. The van der Waals surface area contributed by atoms with Crippen molar-refractivity contribution in [3.63, 3.8) is 0 Å². The minimum atomic E-state index is -0.135. The Labute approximate surface area is 110 Å². The summed E-state index contributed by atoms with van der Waals surface area (Å²) in [6, 6.07) is 3.73. The molecule has 0 N–H and O–H groups in total. The third-order valence-corrected chi connectivity index (χ3v) is 3.59. The second kappa shape index (κ2) is 4.92. The molecule has 2 aromatic heterocycles. The molecule has 82 valence electrons.